The highest BCUT2D eigenvalue weighted by atomic mass is 16.1. The fourth-order valence-corrected chi connectivity index (χ4v) is 2.51. The van der Waals surface area contributed by atoms with E-state index < -0.39 is 0 Å². The minimum atomic E-state index is -0.0147. The average Bonchev–Trinajstić information content (AvgIpc) is 2.55. The molecule has 0 saturated carbocycles. The Morgan fingerprint density at radius 1 is 1.00 bits per heavy atom. The van der Waals surface area contributed by atoms with E-state index in [1.165, 1.54) is 5.56 Å². The molecule has 0 fully saturated rings. The van der Waals surface area contributed by atoms with Gasteiger partial charge >= 0.3 is 0 Å². The minimum Gasteiger partial charge on any atom is -0.311 e. The zero-order chi connectivity index (χ0) is 15.4. The van der Waals surface area contributed by atoms with Gasteiger partial charge in [-0.3, -0.25) is 4.79 Å². The summed E-state index contributed by atoms with van der Waals surface area (Å²) < 4.78 is 0. The van der Waals surface area contributed by atoms with Crippen molar-refractivity contribution in [1.29, 1.82) is 0 Å². The normalized spacial score (nSPS) is 12.0. The van der Waals surface area contributed by atoms with E-state index in [1.54, 1.807) is 0 Å². The lowest BCUT2D eigenvalue weighted by Crippen LogP contribution is -2.15. The van der Waals surface area contributed by atoms with Gasteiger partial charge < -0.3 is 5.32 Å². The van der Waals surface area contributed by atoms with Crippen molar-refractivity contribution in [3.63, 3.8) is 0 Å². The van der Waals surface area contributed by atoms with Crippen LogP contribution in [0.3, 0.4) is 0 Å². The number of fused-ring (bicyclic) bond motifs is 1. The highest BCUT2D eigenvalue weighted by Crippen LogP contribution is 2.20. The number of benzene rings is 2. The highest BCUT2D eigenvalue weighted by molar-refractivity contribution is 5.91. The van der Waals surface area contributed by atoms with Crippen LogP contribution in [0.4, 0.5) is 5.82 Å². The summed E-state index contributed by atoms with van der Waals surface area (Å²) in [5, 5.41) is 3.95. The zero-order valence-electron chi connectivity index (χ0n) is 12.5. The van der Waals surface area contributed by atoms with Crippen molar-refractivity contribution in [3.05, 3.63) is 72.3 Å². The van der Waals surface area contributed by atoms with E-state index in [1.807, 2.05) is 66.7 Å². The molecule has 1 heterocycles. The number of amides is 1. The van der Waals surface area contributed by atoms with E-state index in [0.717, 1.165) is 10.9 Å². The highest BCUT2D eigenvalue weighted by Gasteiger charge is 2.11. The van der Waals surface area contributed by atoms with Crippen molar-refractivity contribution in [2.45, 2.75) is 19.3 Å². The fraction of sp³-hybridized carbons (Fsp3) is 0.158. The van der Waals surface area contributed by atoms with Gasteiger partial charge in [-0.1, -0.05) is 55.5 Å². The van der Waals surface area contributed by atoms with E-state index in [2.05, 4.69) is 17.2 Å². The van der Waals surface area contributed by atoms with Crippen LogP contribution in [0.1, 0.15) is 24.8 Å². The van der Waals surface area contributed by atoms with Crippen LogP contribution in [0.5, 0.6) is 0 Å². The molecule has 22 heavy (non-hydrogen) atoms. The van der Waals surface area contributed by atoms with Gasteiger partial charge in [-0.25, -0.2) is 4.98 Å². The number of pyridine rings is 1. The molecule has 0 bridgehead atoms. The Kier molecular flexibility index (Phi) is 4.15. The summed E-state index contributed by atoms with van der Waals surface area (Å²) in [6.45, 7) is 2.06. The predicted octanol–water partition coefficient (Wildman–Crippen LogP) is 4.37. The summed E-state index contributed by atoms with van der Waals surface area (Å²) in [5.74, 6) is 0.768. The number of hydrogen-bond donors (Lipinski definition) is 1. The van der Waals surface area contributed by atoms with Crippen LogP contribution in [-0.2, 0) is 4.79 Å². The summed E-state index contributed by atoms with van der Waals surface area (Å²) in [6, 6.07) is 21.7. The van der Waals surface area contributed by atoms with Crippen molar-refractivity contribution >= 4 is 22.6 Å². The van der Waals surface area contributed by atoms with Crippen LogP contribution in [-0.4, -0.2) is 10.9 Å². The predicted molar refractivity (Wildman–Crippen MR) is 89.8 cm³/mol. The van der Waals surface area contributed by atoms with Crippen molar-refractivity contribution < 1.29 is 4.79 Å². The monoisotopic (exact) mass is 290 g/mol. The molecule has 3 heteroatoms. The number of carbonyl (C=O) groups excluding carboxylic acids is 1. The number of nitrogens with zero attached hydrogens (tertiary/aromatic N) is 1. The van der Waals surface area contributed by atoms with Gasteiger partial charge in [0.25, 0.3) is 0 Å². The van der Waals surface area contributed by atoms with Crippen LogP contribution >= 0.6 is 0 Å². The van der Waals surface area contributed by atoms with Crippen molar-refractivity contribution in [1.82, 2.24) is 4.98 Å². The molecule has 0 aliphatic carbocycles. The molecule has 0 spiro atoms. The zero-order valence-corrected chi connectivity index (χ0v) is 12.5. The van der Waals surface area contributed by atoms with Gasteiger partial charge in [-0.05, 0) is 29.7 Å². The number of para-hydroxylation sites is 1. The van der Waals surface area contributed by atoms with Gasteiger partial charge in [-0.2, -0.15) is 0 Å². The Morgan fingerprint density at radius 2 is 1.73 bits per heavy atom. The first kappa shape index (κ1) is 14.3. The summed E-state index contributed by atoms with van der Waals surface area (Å²) in [5.41, 5.74) is 2.06. The third kappa shape index (κ3) is 3.31. The molecule has 3 nitrogen and oxygen atoms in total. The van der Waals surface area contributed by atoms with Crippen molar-refractivity contribution in [2.24, 2.45) is 0 Å². The van der Waals surface area contributed by atoms with Gasteiger partial charge in [0.05, 0.1) is 5.52 Å². The third-order valence-electron chi connectivity index (χ3n) is 3.73. The van der Waals surface area contributed by atoms with Crippen molar-refractivity contribution in [3.8, 4) is 0 Å². The van der Waals surface area contributed by atoms with Gasteiger partial charge in [0.2, 0.25) is 5.91 Å². The number of carbonyl (C=O) groups is 1. The lowest BCUT2D eigenvalue weighted by Gasteiger charge is -2.12. The number of hydrogen-bond acceptors (Lipinski definition) is 2. The maximum atomic E-state index is 12.2. The summed E-state index contributed by atoms with van der Waals surface area (Å²) in [7, 11) is 0. The van der Waals surface area contributed by atoms with Gasteiger partial charge in [0, 0.05) is 11.8 Å². The van der Waals surface area contributed by atoms with E-state index in [0.29, 0.717) is 12.2 Å². The second-order valence-electron chi connectivity index (χ2n) is 5.45. The van der Waals surface area contributed by atoms with E-state index in [4.69, 9.17) is 0 Å². The third-order valence-corrected chi connectivity index (χ3v) is 3.73. The Bertz CT molecular complexity index is 784. The Labute approximate surface area is 130 Å². The molecule has 1 amide bonds. The Balaban J connectivity index is 1.68. The molecule has 0 aliphatic heterocycles. The molecule has 0 radical (unpaired) electrons. The van der Waals surface area contributed by atoms with Crippen LogP contribution in [0.2, 0.25) is 0 Å². The maximum Gasteiger partial charge on any atom is 0.226 e. The fourth-order valence-electron chi connectivity index (χ4n) is 2.51. The van der Waals surface area contributed by atoms with Crippen LogP contribution in [0.25, 0.3) is 10.9 Å². The number of anilines is 1. The van der Waals surface area contributed by atoms with Crippen LogP contribution < -0.4 is 5.32 Å². The Morgan fingerprint density at radius 3 is 2.55 bits per heavy atom. The first-order valence-electron chi connectivity index (χ1n) is 7.43. The molecule has 3 rings (SSSR count). The molecule has 110 valence electrons. The molecule has 3 aromatic rings. The van der Waals surface area contributed by atoms with Gasteiger partial charge in [0.1, 0.15) is 5.82 Å². The molecule has 1 atom stereocenters. The molecule has 1 N–H and O–H groups in total. The first-order chi connectivity index (χ1) is 10.7. The van der Waals surface area contributed by atoms with Gasteiger partial charge in [-0.15, -0.1) is 0 Å². The summed E-state index contributed by atoms with van der Waals surface area (Å²) in [6.07, 6.45) is 0.443. The Hall–Kier alpha value is -2.68. The molecular weight excluding hydrogens is 272 g/mol. The maximum absolute atomic E-state index is 12.2. The quantitative estimate of drug-likeness (QED) is 0.775. The summed E-state index contributed by atoms with van der Waals surface area (Å²) in [4.78, 5) is 16.6. The molecule has 0 saturated heterocycles. The SMILES string of the molecule is C[C@H](CC(=O)Nc1ccc2ccccc2n1)c1ccccc1. The molecular formula is C19H18N2O. The molecule has 2 aromatic carbocycles. The number of nitrogens with one attached hydrogen (secondary N) is 1. The second-order valence-corrected chi connectivity index (χ2v) is 5.45. The lowest BCUT2D eigenvalue weighted by molar-refractivity contribution is -0.116. The second kappa shape index (κ2) is 6.39. The number of rotatable bonds is 4. The summed E-state index contributed by atoms with van der Waals surface area (Å²) >= 11 is 0. The van der Waals surface area contributed by atoms with Crippen LogP contribution in [0, 0.1) is 0 Å². The smallest absolute Gasteiger partial charge is 0.226 e. The first-order valence-corrected chi connectivity index (χ1v) is 7.43. The minimum absolute atomic E-state index is 0.0147. The largest absolute Gasteiger partial charge is 0.311 e. The van der Waals surface area contributed by atoms with E-state index in [-0.39, 0.29) is 11.8 Å². The molecule has 0 unspecified atom stereocenters. The molecule has 0 aliphatic rings. The average molecular weight is 290 g/mol. The van der Waals surface area contributed by atoms with Crippen molar-refractivity contribution in [2.75, 3.05) is 5.32 Å². The standard InChI is InChI=1S/C19H18N2O/c1-14(15-7-3-2-4-8-15)13-19(22)21-18-12-11-16-9-5-6-10-17(16)20-18/h2-12,14H,13H2,1H3,(H,20,21,22)/t14-/m1/s1. The van der Waals surface area contributed by atoms with Crippen LogP contribution in [0.15, 0.2) is 66.7 Å². The topological polar surface area (TPSA) is 42.0 Å². The molecule has 1 aromatic heterocycles. The lowest BCUT2D eigenvalue weighted by atomic mass is 9.98. The number of aromatic nitrogens is 1. The van der Waals surface area contributed by atoms with E-state index in [9.17, 15) is 4.79 Å². The van der Waals surface area contributed by atoms with E-state index >= 15 is 0 Å². The van der Waals surface area contributed by atoms with Gasteiger partial charge in [0.15, 0.2) is 0 Å².